The van der Waals surface area contributed by atoms with Gasteiger partial charge < -0.3 is 10.6 Å². The summed E-state index contributed by atoms with van der Waals surface area (Å²) in [5.74, 6) is 2.57. The number of fused-ring (bicyclic) bond motifs is 1. The van der Waals surface area contributed by atoms with Gasteiger partial charge in [-0.1, -0.05) is 31.2 Å². The first-order valence-electron chi connectivity index (χ1n) is 7.11. The van der Waals surface area contributed by atoms with Crippen molar-refractivity contribution < 1.29 is 4.79 Å². The molecule has 0 radical (unpaired) electrons. The van der Waals surface area contributed by atoms with E-state index >= 15 is 0 Å². The van der Waals surface area contributed by atoms with E-state index in [1.165, 1.54) is 0 Å². The number of thioether (sulfide) groups is 1. The van der Waals surface area contributed by atoms with Crippen molar-refractivity contribution in [1.82, 2.24) is 10.3 Å². The molecule has 0 aliphatic carbocycles. The van der Waals surface area contributed by atoms with Crippen LogP contribution in [0.4, 0.5) is 5.82 Å². The van der Waals surface area contributed by atoms with Crippen LogP contribution in [0.5, 0.6) is 0 Å². The summed E-state index contributed by atoms with van der Waals surface area (Å²) in [4.78, 5) is 16.7. The normalized spacial score (nSPS) is 12.1. The molecular formula is C16H21N3OS. The Kier molecular flexibility index (Phi) is 5.44. The zero-order valence-corrected chi connectivity index (χ0v) is 13.5. The van der Waals surface area contributed by atoms with Gasteiger partial charge in [0.15, 0.2) is 0 Å². The number of hydrogen-bond donors (Lipinski definition) is 2. The average Bonchev–Trinajstić information content (AvgIpc) is 2.51. The molecule has 2 rings (SSSR count). The summed E-state index contributed by atoms with van der Waals surface area (Å²) in [6.07, 6.45) is 0. The molecule has 112 valence electrons. The molecule has 0 saturated heterocycles. The van der Waals surface area contributed by atoms with Crippen molar-refractivity contribution in [2.24, 2.45) is 0 Å². The monoisotopic (exact) mass is 303 g/mol. The van der Waals surface area contributed by atoms with E-state index < -0.39 is 0 Å². The topological polar surface area (TPSA) is 54.0 Å². The largest absolute Gasteiger partial charge is 0.373 e. The second-order valence-electron chi connectivity index (χ2n) is 4.86. The van der Waals surface area contributed by atoms with Crippen LogP contribution >= 0.6 is 11.8 Å². The van der Waals surface area contributed by atoms with Crippen molar-refractivity contribution in [3.05, 3.63) is 36.0 Å². The van der Waals surface area contributed by atoms with Gasteiger partial charge in [-0.15, -0.1) is 0 Å². The number of nitrogens with zero attached hydrogens (tertiary/aromatic N) is 1. The Hall–Kier alpha value is -1.75. The highest BCUT2D eigenvalue weighted by molar-refractivity contribution is 7.99. The van der Waals surface area contributed by atoms with E-state index in [0.717, 1.165) is 28.1 Å². The first-order chi connectivity index (χ1) is 10.2. The van der Waals surface area contributed by atoms with Crippen LogP contribution in [0.15, 0.2) is 30.3 Å². The number of anilines is 1. The Balaban J connectivity index is 2.23. The molecule has 2 aromatic rings. The Morgan fingerprint density at radius 2 is 2.14 bits per heavy atom. The van der Waals surface area contributed by atoms with Crippen LogP contribution < -0.4 is 10.6 Å². The fraction of sp³-hybridized carbons (Fsp3) is 0.375. The van der Waals surface area contributed by atoms with Crippen LogP contribution in [0.2, 0.25) is 0 Å². The molecule has 4 nitrogen and oxygen atoms in total. The van der Waals surface area contributed by atoms with Gasteiger partial charge in [0.1, 0.15) is 11.5 Å². The van der Waals surface area contributed by atoms with Gasteiger partial charge >= 0.3 is 0 Å². The third kappa shape index (κ3) is 3.88. The molecule has 0 aliphatic rings. The highest BCUT2D eigenvalue weighted by Crippen LogP contribution is 2.22. The smallest absolute Gasteiger partial charge is 0.270 e. The number of benzene rings is 1. The Morgan fingerprint density at radius 1 is 1.38 bits per heavy atom. The van der Waals surface area contributed by atoms with Gasteiger partial charge in [0.25, 0.3) is 5.91 Å². The number of carbonyl (C=O) groups excluding carboxylic acids is 1. The third-order valence-corrected chi connectivity index (χ3v) is 4.30. The van der Waals surface area contributed by atoms with Crippen LogP contribution in [-0.4, -0.2) is 35.5 Å². The predicted octanol–water partition coefficient (Wildman–Crippen LogP) is 3.15. The van der Waals surface area contributed by atoms with E-state index in [0.29, 0.717) is 5.69 Å². The minimum atomic E-state index is -0.124. The summed E-state index contributed by atoms with van der Waals surface area (Å²) in [5, 5.41) is 8.09. The maximum Gasteiger partial charge on any atom is 0.270 e. The summed E-state index contributed by atoms with van der Waals surface area (Å²) in [7, 11) is 1.82. The minimum absolute atomic E-state index is 0.124. The minimum Gasteiger partial charge on any atom is -0.373 e. The second kappa shape index (κ2) is 7.31. The summed E-state index contributed by atoms with van der Waals surface area (Å²) in [6.45, 7) is 4.13. The molecule has 1 unspecified atom stereocenters. The zero-order chi connectivity index (χ0) is 15.2. The molecule has 0 fully saturated rings. The lowest BCUT2D eigenvalue weighted by Gasteiger charge is -2.14. The fourth-order valence-electron chi connectivity index (χ4n) is 2.14. The number of rotatable bonds is 6. The zero-order valence-electron chi connectivity index (χ0n) is 12.6. The average molecular weight is 303 g/mol. The molecule has 5 heteroatoms. The molecule has 0 saturated carbocycles. The van der Waals surface area contributed by atoms with E-state index in [4.69, 9.17) is 0 Å². The molecule has 1 aromatic carbocycles. The third-order valence-electron chi connectivity index (χ3n) is 3.16. The van der Waals surface area contributed by atoms with E-state index in [9.17, 15) is 4.79 Å². The first kappa shape index (κ1) is 15.6. The maximum absolute atomic E-state index is 12.3. The summed E-state index contributed by atoms with van der Waals surface area (Å²) in [6, 6.07) is 9.89. The Bertz CT molecular complexity index is 630. The van der Waals surface area contributed by atoms with Crippen LogP contribution in [0, 0.1) is 0 Å². The number of carbonyl (C=O) groups is 1. The fourth-order valence-corrected chi connectivity index (χ4v) is 2.81. The highest BCUT2D eigenvalue weighted by Gasteiger charge is 2.13. The molecule has 1 aromatic heterocycles. The number of aromatic nitrogens is 1. The SMILES string of the molecule is CCSCC(C)NC(=O)c1cc2ccccc2c(NC)n1. The number of pyridine rings is 1. The van der Waals surface area contributed by atoms with E-state index in [1.54, 1.807) is 0 Å². The van der Waals surface area contributed by atoms with E-state index in [-0.39, 0.29) is 11.9 Å². The second-order valence-corrected chi connectivity index (χ2v) is 6.18. The van der Waals surface area contributed by atoms with E-state index in [1.807, 2.05) is 56.1 Å². The number of nitrogens with one attached hydrogen (secondary N) is 2. The molecule has 2 N–H and O–H groups in total. The summed E-state index contributed by atoms with van der Waals surface area (Å²) >= 11 is 1.82. The number of hydrogen-bond acceptors (Lipinski definition) is 4. The standard InChI is InChI=1S/C16H21N3OS/c1-4-21-10-11(2)18-16(20)14-9-12-7-5-6-8-13(12)15(17-3)19-14/h5-9,11H,4,10H2,1-3H3,(H,17,19)(H,18,20). The van der Waals surface area contributed by atoms with Crippen LogP contribution in [0.25, 0.3) is 10.8 Å². The van der Waals surface area contributed by atoms with Crippen molar-refractivity contribution in [2.75, 3.05) is 23.9 Å². The predicted molar refractivity (Wildman–Crippen MR) is 91.2 cm³/mol. The van der Waals surface area contributed by atoms with Crippen molar-refractivity contribution in [1.29, 1.82) is 0 Å². The summed E-state index contributed by atoms with van der Waals surface area (Å²) in [5.41, 5.74) is 0.450. The molecule has 21 heavy (non-hydrogen) atoms. The van der Waals surface area contributed by atoms with Crippen LogP contribution in [-0.2, 0) is 0 Å². The van der Waals surface area contributed by atoms with Crippen molar-refractivity contribution in [3.63, 3.8) is 0 Å². The van der Waals surface area contributed by atoms with Crippen LogP contribution in [0.1, 0.15) is 24.3 Å². The first-order valence-corrected chi connectivity index (χ1v) is 8.27. The molecule has 1 atom stereocenters. The maximum atomic E-state index is 12.3. The molecule has 0 aliphatic heterocycles. The quantitative estimate of drug-likeness (QED) is 0.861. The summed E-state index contributed by atoms with van der Waals surface area (Å²) < 4.78 is 0. The Labute approximate surface area is 129 Å². The van der Waals surface area contributed by atoms with Gasteiger partial charge in [-0.25, -0.2) is 4.98 Å². The lowest BCUT2D eigenvalue weighted by Crippen LogP contribution is -2.34. The lowest BCUT2D eigenvalue weighted by atomic mass is 10.1. The molecule has 1 heterocycles. The van der Waals surface area contributed by atoms with E-state index in [2.05, 4.69) is 22.5 Å². The van der Waals surface area contributed by atoms with Crippen LogP contribution in [0.3, 0.4) is 0 Å². The number of amides is 1. The molecule has 0 bridgehead atoms. The van der Waals surface area contributed by atoms with Gasteiger partial charge in [-0.2, -0.15) is 11.8 Å². The molecular weight excluding hydrogens is 282 g/mol. The van der Waals surface area contributed by atoms with Crippen molar-refractivity contribution >= 4 is 34.3 Å². The molecule has 0 spiro atoms. The highest BCUT2D eigenvalue weighted by atomic mass is 32.2. The van der Waals surface area contributed by atoms with Crippen molar-refractivity contribution in [3.8, 4) is 0 Å². The van der Waals surface area contributed by atoms with Gasteiger partial charge in [0.05, 0.1) is 0 Å². The van der Waals surface area contributed by atoms with Gasteiger partial charge in [-0.3, -0.25) is 4.79 Å². The van der Waals surface area contributed by atoms with Gasteiger partial charge in [0.2, 0.25) is 0 Å². The van der Waals surface area contributed by atoms with Crippen molar-refractivity contribution in [2.45, 2.75) is 19.9 Å². The molecule has 1 amide bonds. The van der Waals surface area contributed by atoms with Gasteiger partial charge in [-0.05, 0) is 24.1 Å². The van der Waals surface area contributed by atoms with Gasteiger partial charge in [0, 0.05) is 24.2 Å². The Morgan fingerprint density at radius 3 is 2.86 bits per heavy atom. The lowest BCUT2D eigenvalue weighted by molar-refractivity contribution is 0.0939.